The van der Waals surface area contributed by atoms with E-state index < -0.39 is 6.10 Å². The van der Waals surface area contributed by atoms with Crippen molar-refractivity contribution >= 4 is 0 Å². The molecule has 0 aromatic heterocycles. The lowest BCUT2D eigenvalue weighted by Crippen LogP contribution is -2.19. The van der Waals surface area contributed by atoms with Crippen LogP contribution in [0, 0.1) is 0 Å². The standard InChI is InChI=1S/C19H20O2/c20-18(15-9-3-1-4-10-15)19(16-11-5-2-6-12-16)21-17-13-7-8-14-17/h1-7,9-13,17-20H,8,14H2/t17-,18+,19+/m0/s1. The molecular formula is C19H20O2. The number of aliphatic hydroxyl groups is 1. The molecule has 0 saturated heterocycles. The predicted molar refractivity (Wildman–Crippen MR) is 83.8 cm³/mol. The molecule has 0 amide bonds. The highest BCUT2D eigenvalue weighted by molar-refractivity contribution is 5.25. The molecule has 0 aliphatic heterocycles. The van der Waals surface area contributed by atoms with Crippen LogP contribution in [0.4, 0.5) is 0 Å². The highest BCUT2D eigenvalue weighted by Crippen LogP contribution is 2.34. The third-order valence-electron chi connectivity index (χ3n) is 3.85. The summed E-state index contributed by atoms with van der Waals surface area (Å²) in [6.07, 6.45) is 5.35. The Morgan fingerprint density at radius 2 is 1.52 bits per heavy atom. The summed E-state index contributed by atoms with van der Waals surface area (Å²) < 4.78 is 6.18. The molecule has 2 aromatic rings. The fourth-order valence-electron chi connectivity index (χ4n) is 2.71. The molecule has 0 bridgehead atoms. The summed E-state index contributed by atoms with van der Waals surface area (Å²) in [5, 5.41) is 10.7. The first-order valence-corrected chi connectivity index (χ1v) is 7.44. The van der Waals surface area contributed by atoms with Crippen LogP contribution >= 0.6 is 0 Å². The van der Waals surface area contributed by atoms with Crippen LogP contribution in [-0.2, 0) is 4.74 Å². The summed E-state index contributed by atoms with van der Waals surface area (Å²) in [7, 11) is 0. The Labute approximate surface area is 125 Å². The van der Waals surface area contributed by atoms with Crippen LogP contribution in [0.1, 0.15) is 36.2 Å². The van der Waals surface area contributed by atoms with Crippen molar-refractivity contribution in [3.8, 4) is 0 Å². The van der Waals surface area contributed by atoms with Gasteiger partial charge in [0.2, 0.25) is 0 Å². The SMILES string of the molecule is O[C@H](c1ccccc1)[C@H](O[C@H]1C=CCC1)c1ccccc1. The van der Waals surface area contributed by atoms with Crippen molar-refractivity contribution in [2.45, 2.75) is 31.2 Å². The molecular weight excluding hydrogens is 260 g/mol. The van der Waals surface area contributed by atoms with Gasteiger partial charge in [0.1, 0.15) is 12.2 Å². The zero-order chi connectivity index (χ0) is 14.5. The van der Waals surface area contributed by atoms with Crippen molar-refractivity contribution in [3.63, 3.8) is 0 Å². The molecule has 108 valence electrons. The third kappa shape index (κ3) is 3.41. The zero-order valence-electron chi connectivity index (χ0n) is 11.9. The Bertz CT molecular complexity index is 577. The summed E-state index contributed by atoms with van der Waals surface area (Å²) in [6.45, 7) is 0. The van der Waals surface area contributed by atoms with Crippen molar-refractivity contribution in [1.82, 2.24) is 0 Å². The molecule has 0 heterocycles. The molecule has 2 nitrogen and oxygen atoms in total. The maximum Gasteiger partial charge on any atom is 0.113 e. The molecule has 0 radical (unpaired) electrons. The van der Waals surface area contributed by atoms with Gasteiger partial charge in [-0.25, -0.2) is 0 Å². The first-order valence-electron chi connectivity index (χ1n) is 7.44. The van der Waals surface area contributed by atoms with Gasteiger partial charge in [-0.05, 0) is 24.0 Å². The first-order chi connectivity index (χ1) is 10.3. The summed E-state index contributed by atoms with van der Waals surface area (Å²) in [5.74, 6) is 0. The van der Waals surface area contributed by atoms with Crippen LogP contribution in [0.15, 0.2) is 72.8 Å². The van der Waals surface area contributed by atoms with Gasteiger partial charge in [0.15, 0.2) is 0 Å². The molecule has 0 unspecified atom stereocenters. The van der Waals surface area contributed by atoms with E-state index in [-0.39, 0.29) is 12.2 Å². The molecule has 2 aromatic carbocycles. The van der Waals surface area contributed by atoms with E-state index in [1.54, 1.807) is 0 Å². The highest BCUT2D eigenvalue weighted by Gasteiger charge is 2.26. The van der Waals surface area contributed by atoms with Crippen LogP contribution in [0.25, 0.3) is 0 Å². The van der Waals surface area contributed by atoms with E-state index in [0.717, 1.165) is 24.0 Å². The second-order valence-electron chi connectivity index (χ2n) is 5.37. The van der Waals surface area contributed by atoms with Gasteiger partial charge in [0.25, 0.3) is 0 Å². The van der Waals surface area contributed by atoms with Gasteiger partial charge in [-0.3, -0.25) is 0 Å². The molecule has 0 fully saturated rings. The average molecular weight is 280 g/mol. The van der Waals surface area contributed by atoms with Crippen molar-refractivity contribution in [3.05, 3.63) is 83.9 Å². The second-order valence-corrected chi connectivity index (χ2v) is 5.37. The maximum atomic E-state index is 10.7. The lowest BCUT2D eigenvalue weighted by molar-refractivity contribution is -0.0652. The number of allylic oxidation sites excluding steroid dienone is 1. The van der Waals surface area contributed by atoms with E-state index in [0.29, 0.717) is 0 Å². The van der Waals surface area contributed by atoms with Gasteiger partial charge in [-0.2, -0.15) is 0 Å². The van der Waals surface area contributed by atoms with Crippen LogP contribution in [0.5, 0.6) is 0 Å². The van der Waals surface area contributed by atoms with Crippen LogP contribution < -0.4 is 0 Å². The smallest absolute Gasteiger partial charge is 0.113 e. The molecule has 1 aliphatic rings. The quantitative estimate of drug-likeness (QED) is 0.832. The number of aliphatic hydroxyl groups excluding tert-OH is 1. The zero-order valence-corrected chi connectivity index (χ0v) is 11.9. The average Bonchev–Trinajstić information content (AvgIpc) is 3.07. The van der Waals surface area contributed by atoms with E-state index in [2.05, 4.69) is 12.2 Å². The van der Waals surface area contributed by atoms with Crippen molar-refractivity contribution in [2.24, 2.45) is 0 Å². The molecule has 1 N–H and O–H groups in total. The molecule has 0 spiro atoms. The Hall–Kier alpha value is -1.90. The van der Waals surface area contributed by atoms with Crippen molar-refractivity contribution in [2.75, 3.05) is 0 Å². The van der Waals surface area contributed by atoms with Crippen LogP contribution in [-0.4, -0.2) is 11.2 Å². The minimum atomic E-state index is -0.664. The molecule has 21 heavy (non-hydrogen) atoms. The van der Waals surface area contributed by atoms with E-state index in [9.17, 15) is 5.11 Å². The Morgan fingerprint density at radius 3 is 2.10 bits per heavy atom. The Balaban J connectivity index is 1.86. The number of hydrogen-bond acceptors (Lipinski definition) is 2. The largest absolute Gasteiger partial charge is 0.385 e. The van der Waals surface area contributed by atoms with Gasteiger partial charge in [-0.1, -0.05) is 72.8 Å². The third-order valence-corrected chi connectivity index (χ3v) is 3.85. The number of benzene rings is 2. The van der Waals surface area contributed by atoms with E-state index in [4.69, 9.17) is 4.74 Å². The lowest BCUT2D eigenvalue weighted by atomic mass is 9.98. The number of rotatable bonds is 5. The fourth-order valence-corrected chi connectivity index (χ4v) is 2.71. The topological polar surface area (TPSA) is 29.5 Å². The number of ether oxygens (including phenoxy) is 1. The first kappa shape index (κ1) is 14.1. The molecule has 0 saturated carbocycles. The summed E-state index contributed by atoms with van der Waals surface area (Å²) in [4.78, 5) is 0. The Kier molecular flexibility index (Phi) is 4.49. The van der Waals surface area contributed by atoms with E-state index in [1.165, 1.54) is 0 Å². The summed E-state index contributed by atoms with van der Waals surface area (Å²) in [5.41, 5.74) is 1.89. The van der Waals surface area contributed by atoms with Gasteiger partial charge < -0.3 is 9.84 Å². The monoisotopic (exact) mass is 280 g/mol. The molecule has 1 aliphatic carbocycles. The van der Waals surface area contributed by atoms with E-state index in [1.807, 2.05) is 60.7 Å². The molecule has 3 atom stereocenters. The van der Waals surface area contributed by atoms with Gasteiger partial charge in [-0.15, -0.1) is 0 Å². The van der Waals surface area contributed by atoms with Crippen molar-refractivity contribution in [1.29, 1.82) is 0 Å². The van der Waals surface area contributed by atoms with Gasteiger partial charge in [0, 0.05) is 0 Å². The predicted octanol–water partition coefficient (Wildman–Crippen LogP) is 4.20. The van der Waals surface area contributed by atoms with Crippen LogP contribution in [0.3, 0.4) is 0 Å². The normalized spacial score (nSPS) is 20.3. The second kappa shape index (κ2) is 6.70. The Morgan fingerprint density at radius 1 is 0.905 bits per heavy atom. The number of hydrogen-bond donors (Lipinski definition) is 1. The molecule has 2 heteroatoms. The summed E-state index contributed by atoms with van der Waals surface area (Å²) >= 11 is 0. The van der Waals surface area contributed by atoms with Crippen LogP contribution in [0.2, 0.25) is 0 Å². The minimum Gasteiger partial charge on any atom is -0.385 e. The summed E-state index contributed by atoms with van der Waals surface area (Å²) in [6, 6.07) is 19.7. The fraction of sp³-hybridized carbons (Fsp3) is 0.263. The molecule has 3 rings (SSSR count). The van der Waals surface area contributed by atoms with E-state index >= 15 is 0 Å². The highest BCUT2D eigenvalue weighted by atomic mass is 16.5. The lowest BCUT2D eigenvalue weighted by Gasteiger charge is -2.27. The van der Waals surface area contributed by atoms with Gasteiger partial charge in [0.05, 0.1) is 6.10 Å². The van der Waals surface area contributed by atoms with Crippen molar-refractivity contribution < 1.29 is 9.84 Å². The minimum absolute atomic E-state index is 0.0913. The maximum absolute atomic E-state index is 10.7. The van der Waals surface area contributed by atoms with Gasteiger partial charge >= 0.3 is 0 Å².